The van der Waals surface area contributed by atoms with Crippen LogP contribution in [0.25, 0.3) is 6.08 Å². The number of fused-ring (bicyclic) bond motifs is 4. The number of halogens is 1. The van der Waals surface area contributed by atoms with Gasteiger partial charge in [0.2, 0.25) is 0 Å². The van der Waals surface area contributed by atoms with E-state index in [1.165, 1.54) is 13.0 Å². The van der Waals surface area contributed by atoms with Crippen LogP contribution in [0.5, 0.6) is 17.2 Å². The van der Waals surface area contributed by atoms with Crippen molar-refractivity contribution in [3.8, 4) is 17.2 Å². The molecule has 6 aliphatic rings. The van der Waals surface area contributed by atoms with Crippen molar-refractivity contribution in [2.45, 2.75) is 129 Å². The minimum Gasteiger partial charge on any atom is -0.506 e. The number of phenols is 1. The summed E-state index contributed by atoms with van der Waals surface area (Å²) in [5.74, 6) is -7.35. The number of rotatable bonds is 12. The number of Topliss-reactive ketones (excluding diaryl/α,β-unsaturated/α-hetero) is 2. The molecule has 1 amide bonds. The third kappa shape index (κ3) is 7.48. The maximum absolute atomic E-state index is 15.0. The molecule has 338 valence electrons. The molecule has 1 aromatic heterocycles. The molecule has 16 heteroatoms. The number of nitrogens with zero attached hydrogens (tertiary/aromatic N) is 2. The number of phenolic OH excluding ortho intramolecular Hbond substituents is 1. The van der Waals surface area contributed by atoms with E-state index in [4.69, 9.17) is 14.2 Å². The van der Waals surface area contributed by atoms with E-state index in [0.29, 0.717) is 27.9 Å². The first-order valence-electron chi connectivity index (χ1n) is 21.2. The van der Waals surface area contributed by atoms with Gasteiger partial charge in [0.15, 0.2) is 29.0 Å². The average molecular weight is 874 g/mol. The Morgan fingerprint density at radius 1 is 1.06 bits per heavy atom. The van der Waals surface area contributed by atoms with Gasteiger partial charge in [0.25, 0.3) is 11.8 Å². The molecule has 6 unspecified atom stereocenters. The fourth-order valence-corrected chi connectivity index (χ4v) is 9.56. The molecule has 3 aliphatic carbocycles. The number of anilines is 1. The average Bonchev–Trinajstić information content (AvgIpc) is 3.44. The number of hydrogen-bond acceptors (Lipinski definition) is 13. The van der Waals surface area contributed by atoms with Gasteiger partial charge in [-0.1, -0.05) is 49.3 Å². The van der Waals surface area contributed by atoms with Gasteiger partial charge in [-0.15, -0.1) is 0 Å². The summed E-state index contributed by atoms with van der Waals surface area (Å²) in [5.41, 5.74) is -3.40. The lowest BCUT2D eigenvalue weighted by Gasteiger charge is -2.60. The molecule has 1 spiro atoms. The smallest absolute Gasteiger partial charge is 0.351 e. The van der Waals surface area contributed by atoms with Gasteiger partial charge in [-0.25, -0.2) is 9.18 Å². The summed E-state index contributed by atoms with van der Waals surface area (Å²) in [7, 11) is 0. The van der Waals surface area contributed by atoms with Gasteiger partial charge in [-0.3, -0.25) is 19.0 Å². The molecule has 1 saturated heterocycles. The highest BCUT2D eigenvalue weighted by molar-refractivity contribution is 6.18. The van der Waals surface area contributed by atoms with E-state index in [-0.39, 0.29) is 52.8 Å². The van der Waals surface area contributed by atoms with Gasteiger partial charge in [-0.05, 0) is 91.4 Å². The Bertz CT molecular complexity index is 2480. The van der Waals surface area contributed by atoms with Crippen LogP contribution in [-0.4, -0.2) is 94.0 Å². The standard InChI is InChI=1S/C47H56FN3O12/c1-23(2)10-9-16-44(8)17-14-28-35(53)34-36(54)31-21-27-20-30(25(5)6)46(31,63-38(34)29(37(28)62-44)12-11-24(3)4)45(59,39(27)55)18-13-26(7)41(57)49-33-15-19-51(43(58)50-33)42-47(48,60)40(56)32(22-52)61-42/h10-11,13-15,17,19,21,25,27,30,32,40,42,52-53,56,59-60H,9,12,16,18,20,22H2,1-8H3,(H,49,50,57,58)/b26-13-/t27?,30?,32-,40-,42-,44?,45?,46?,47?/m1/s1. The van der Waals surface area contributed by atoms with Crippen molar-refractivity contribution < 1.29 is 58.5 Å². The lowest BCUT2D eigenvalue weighted by molar-refractivity contribution is -0.197. The molecule has 4 heterocycles. The molecule has 9 atom stereocenters. The maximum atomic E-state index is 15.0. The van der Waals surface area contributed by atoms with Gasteiger partial charge < -0.3 is 45.1 Å². The zero-order valence-electron chi connectivity index (χ0n) is 36.7. The highest BCUT2D eigenvalue weighted by atomic mass is 19.2. The number of amides is 1. The zero-order valence-corrected chi connectivity index (χ0v) is 36.7. The number of alkyl halides is 1. The van der Waals surface area contributed by atoms with E-state index in [1.54, 1.807) is 12.2 Å². The summed E-state index contributed by atoms with van der Waals surface area (Å²) in [6, 6.07) is 1.12. The number of aromatic hydroxyl groups is 1. The summed E-state index contributed by atoms with van der Waals surface area (Å²) in [6.07, 6.45) is 7.23. The number of ether oxygens (including phenoxy) is 3. The van der Waals surface area contributed by atoms with Crippen molar-refractivity contribution in [3.63, 3.8) is 0 Å². The number of carbonyl (C=O) groups excluding carboxylic acids is 3. The first kappa shape index (κ1) is 45.8. The van der Waals surface area contributed by atoms with Crippen LogP contribution in [0.4, 0.5) is 10.2 Å². The number of hydrogen-bond donors (Lipinski definition) is 6. The number of nitrogens with one attached hydrogen (secondary N) is 1. The van der Waals surface area contributed by atoms with Crippen molar-refractivity contribution in [3.05, 3.63) is 92.1 Å². The molecule has 2 bridgehead atoms. The topological polar surface area (TPSA) is 227 Å². The Morgan fingerprint density at radius 2 is 1.76 bits per heavy atom. The van der Waals surface area contributed by atoms with Crippen LogP contribution >= 0.6 is 0 Å². The van der Waals surface area contributed by atoms with Crippen LogP contribution in [-0.2, 0) is 20.7 Å². The molecule has 8 rings (SSSR count). The summed E-state index contributed by atoms with van der Waals surface area (Å²) < 4.78 is 34.5. The lowest BCUT2D eigenvalue weighted by atomic mass is 9.49. The minimum absolute atomic E-state index is 0.0103. The predicted molar refractivity (Wildman–Crippen MR) is 229 cm³/mol. The van der Waals surface area contributed by atoms with Gasteiger partial charge in [0, 0.05) is 41.2 Å². The number of carbonyl (C=O) groups is 3. The molecule has 3 aliphatic heterocycles. The molecule has 1 aromatic carbocycles. The van der Waals surface area contributed by atoms with Crippen molar-refractivity contribution in [1.29, 1.82) is 0 Å². The minimum atomic E-state index is -3.44. The van der Waals surface area contributed by atoms with E-state index in [2.05, 4.69) is 16.4 Å². The molecule has 63 heavy (non-hydrogen) atoms. The van der Waals surface area contributed by atoms with Crippen LogP contribution in [0.3, 0.4) is 0 Å². The fourth-order valence-electron chi connectivity index (χ4n) is 9.56. The van der Waals surface area contributed by atoms with Crippen LogP contribution in [0.2, 0.25) is 0 Å². The van der Waals surface area contributed by atoms with Gasteiger partial charge in [0.1, 0.15) is 46.4 Å². The molecule has 15 nitrogen and oxygen atoms in total. The largest absolute Gasteiger partial charge is 0.506 e. The van der Waals surface area contributed by atoms with Gasteiger partial charge >= 0.3 is 5.69 Å². The predicted octanol–water partition coefficient (Wildman–Crippen LogP) is 5.10. The van der Waals surface area contributed by atoms with Crippen LogP contribution in [0.15, 0.2) is 69.7 Å². The fraction of sp³-hybridized carbons (Fsp3) is 0.511. The van der Waals surface area contributed by atoms with Crippen LogP contribution in [0, 0.1) is 17.8 Å². The number of aliphatic hydroxyl groups is 4. The van der Waals surface area contributed by atoms with E-state index in [0.717, 1.165) is 29.8 Å². The quantitative estimate of drug-likeness (QED) is 0.121. The van der Waals surface area contributed by atoms with Gasteiger partial charge in [0.05, 0.1) is 12.2 Å². The lowest BCUT2D eigenvalue weighted by Crippen LogP contribution is -2.75. The normalized spacial score (nSPS) is 31.7. The summed E-state index contributed by atoms with van der Waals surface area (Å²) >= 11 is 0. The Hall–Kier alpha value is -5.26. The molecule has 2 aromatic rings. The number of aliphatic hydroxyl groups excluding tert-OH is 2. The van der Waals surface area contributed by atoms with Crippen LogP contribution < -0.4 is 20.5 Å². The van der Waals surface area contributed by atoms with Crippen molar-refractivity contribution in [2.24, 2.45) is 17.8 Å². The Morgan fingerprint density at radius 3 is 2.38 bits per heavy atom. The molecule has 0 radical (unpaired) electrons. The molecule has 6 N–H and O–H groups in total. The monoisotopic (exact) mass is 873 g/mol. The Kier molecular flexibility index (Phi) is 11.9. The third-order valence-electron chi connectivity index (χ3n) is 13.0. The molecule has 2 fully saturated rings. The summed E-state index contributed by atoms with van der Waals surface area (Å²) in [6.45, 7) is 14.2. The SMILES string of the molecule is CC(C)=CCCC1(C)C=Cc2c(O)c3c(c(CC=C(C)C)c2O1)OC12C(=CC(CC1C(C)C)C(=O)C2(O)C/C=C(/C)C(=O)Nc1ccn([C@@H]2O[C@H](CO)[C@@H](O)C2(O)F)c(=O)n1)C3=O. The summed E-state index contributed by atoms with van der Waals surface area (Å²) in [4.78, 5) is 59.7. The number of ketones is 2. The van der Waals surface area contributed by atoms with Gasteiger partial charge in [-0.2, -0.15) is 4.98 Å². The van der Waals surface area contributed by atoms with E-state index in [9.17, 15) is 49.1 Å². The zero-order chi connectivity index (χ0) is 46.1. The number of aromatic nitrogens is 2. The summed E-state index contributed by atoms with van der Waals surface area (Å²) in [5, 5.41) is 56.9. The van der Waals surface area contributed by atoms with E-state index in [1.807, 2.05) is 60.6 Å². The first-order chi connectivity index (χ1) is 29.5. The van der Waals surface area contributed by atoms with Crippen molar-refractivity contribution >= 4 is 29.4 Å². The molecule has 1 saturated carbocycles. The van der Waals surface area contributed by atoms with Crippen LogP contribution in [0.1, 0.15) is 109 Å². The van der Waals surface area contributed by atoms with Crippen molar-refractivity contribution in [2.75, 3.05) is 11.9 Å². The second-order valence-electron chi connectivity index (χ2n) is 18.4. The highest BCUT2D eigenvalue weighted by Gasteiger charge is 2.73. The number of benzene rings is 1. The highest BCUT2D eigenvalue weighted by Crippen LogP contribution is 2.62. The first-order valence-corrected chi connectivity index (χ1v) is 21.2. The second-order valence-corrected chi connectivity index (χ2v) is 18.4. The molecular formula is C47H56FN3O12. The maximum Gasteiger partial charge on any atom is 0.351 e. The Balaban J connectivity index is 1.26. The molecular weight excluding hydrogens is 818 g/mol. The van der Waals surface area contributed by atoms with E-state index >= 15 is 0 Å². The number of allylic oxidation sites excluding steroid dienone is 5. The Labute approximate surface area is 364 Å². The second kappa shape index (κ2) is 16.4. The van der Waals surface area contributed by atoms with E-state index < -0.39 is 89.1 Å². The third-order valence-corrected chi connectivity index (χ3v) is 13.0. The van der Waals surface area contributed by atoms with Crippen molar-refractivity contribution in [1.82, 2.24) is 9.55 Å².